The molecule has 3 aromatic rings. The largest absolute Gasteiger partial charge is 0.466 e. The third-order valence-corrected chi connectivity index (χ3v) is 9.48. The second-order valence-electron chi connectivity index (χ2n) is 11.4. The first-order valence-corrected chi connectivity index (χ1v) is 44.1. The van der Waals surface area contributed by atoms with E-state index in [2.05, 4.69) is 61.7 Å². The van der Waals surface area contributed by atoms with Gasteiger partial charge in [0.05, 0.1) is 35.7 Å². The molecule has 0 fully saturated rings. The molecule has 26 heteroatoms. The molecule has 0 radical (unpaired) electrons. The Balaban J connectivity index is -0.0000000395. The van der Waals surface area contributed by atoms with Crippen LogP contribution in [0.3, 0.4) is 0 Å². The van der Waals surface area contributed by atoms with Gasteiger partial charge in [0.15, 0.2) is 0 Å². The van der Waals surface area contributed by atoms with Crippen molar-refractivity contribution >= 4 is 53.7 Å². The smallest absolute Gasteiger partial charge is 0.344 e. The molecule has 650 valence electrons. The highest BCUT2D eigenvalue weighted by atomic mass is 32.2. The Morgan fingerprint density at radius 3 is 1.06 bits per heavy atom. The number of hydrogen-bond acceptors (Lipinski definition) is 18. The summed E-state index contributed by atoms with van der Waals surface area (Å²) in [6, 6.07) is 4.65. The van der Waals surface area contributed by atoms with Crippen LogP contribution in [-0.2, 0) is 53.4 Å². The first kappa shape index (κ1) is 158. The number of hydrogen-bond donors (Lipinski definition) is 5. The minimum atomic E-state index is -3.35. The molecule has 0 bridgehead atoms. The number of sulfonamides is 2. The van der Waals surface area contributed by atoms with Gasteiger partial charge in [-0.15, -0.1) is 0 Å². The summed E-state index contributed by atoms with van der Waals surface area (Å²) in [6.45, 7) is 89.3. The predicted molar refractivity (Wildman–Crippen MR) is 493 cm³/mol. The standard InChI is InChI=1S/C6H7N.C6H6O.2C4H4N2O.C4H5NO2S.C4H4O3S.C4H4O2.C4H6O.C3H3NO2S.C3H3NOS.20C2H6.CH4/c2*1-6-4-2-3-5-7-6;7-4-5-2-1-3-6-4;7-4-2-1-3-5-6-4;6-8(7)4-2-1-3-5-8;5-8(6)4-2-1-3-7-8;5-4-2-1-3-6-4;1-2-4-5-3-1;5-7(6)3-1-2-4-7;5-3-4-1-2-6-3;20*1-2;/h2-5,7H,1H2;2-5H,1H2;1-3H,(H,5,6,7);1-3H,(H,6,7);1-5H;1-4H;1-2H,3H2;1-2H,3-4H2;1-3H;1-2H,(H,4,5);20*1-2H3;1H4. The van der Waals surface area contributed by atoms with Crippen molar-refractivity contribution in [1.29, 1.82) is 0 Å². The molecule has 0 unspecified atom stereocenters. The molecule has 0 aromatic carbocycles. The molecule has 0 saturated heterocycles. The Morgan fingerprint density at radius 1 is 0.459 bits per heavy atom. The van der Waals surface area contributed by atoms with Crippen LogP contribution in [0.2, 0.25) is 0 Å². The number of carbonyl (C=O) groups excluding carboxylic acids is 1. The average molecular weight is 1630 g/mol. The number of thiazole rings is 1. The zero-order chi connectivity index (χ0) is 90.2. The zero-order valence-corrected chi connectivity index (χ0v) is 78.9. The number of aromatic amines is 3. The van der Waals surface area contributed by atoms with E-state index in [4.69, 9.17) is 9.47 Å². The Kier molecular flexibility index (Phi) is 252. The van der Waals surface area contributed by atoms with Crippen LogP contribution in [0.5, 0.6) is 0 Å². The molecule has 0 aliphatic carbocycles. The number of aromatic nitrogens is 5. The molecule has 3 aromatic heterocycles. The number of nitrogens with zero attached hydrogens (tertiary/aromatic N) is 3. The van der Waals surface area contributed by atoms with E-state index in [0.29, 0.717) is 12.4 Å². The Bertz CT molecular complexity index is 2730. The van der Waals surface area contributed by atoms with Gasteiger partial charge in [-0.05, 0) is 72.9 Å². The van der Waals surface area contributed by atoms with Gasteiger partial charge in [-0.3, -0.25) is 14.3 Å². The van der Waals surface area contributed by atoms with Crippen LogP contribution >= 0.6 is 11.3 Å². The lowest BCUT2D eigenvalue weighted by atomic mass is 10.3. The Hall–Kier alpha value is -8.04. The molecule has 109 heavy (non-hydrogen) atoms. The monoisotopic (exact) mass is 1630 g/mol. The highest BCUT2D eigenvalue weighted by molar-refractivity contribution is 7.93. The van der Waals surface area contributed by atoms with Gasteiger partial charge in [-0.1, -0.05) is 333 Å². The number of rotatable bonds is 0. The molecule has 7 aliphatic rings. The number of dihydropyridines is 1. The van der Waals surface area contributed by atoms with E-state index in [9.17, 15) is 44.4 Å². The van der Waals surface area contributed by atoms with Crippen molar-refractivity contribution < 1.29 is 48.4 Å². The number of carbonyl (C=O) groups is 1. The quantitative estimate of drug-likeness (QED) is 0.0793. The molecule has 10 rings (SSSR count). The molecule has 0 amide bonds. The van der Waals surface area contributed by atoms with Gasteiger partial charge in [0.2, 0.25) is 0 Å². The summed E-state index contributed by atoms with van der Waals surface area (Å²) in [7, 11) is -9.61. The zero-order valence-electron chi connectivity index (χ0n) is 75.6. The lowest BCUT2D eigenvalue weighted by Gasteiger charge is -1.99. The summed E-state index contributed by atoms with van der Waals surface area (Å²) in [5.74, 6) is 0.470. The maximum atomic E-state index is 10.4. The van der Waals surface area contributed by atoms with Crippen LogP contribution in [0.4, 0.5) is 0 Å². The molecular weight excluding hydrogens is 1460 g/mol. The highest BCUT2D eigenvalue weighted by Crippen LogP contribution is 2.02. The van der Waals surface area contributed by atoms with E-state index >= 15 is 0 Å². The van der Waals surface area contributed by atoms with E-state index in [1.807, 2.05) is 326 Å². The van der Waals surface area contributed by atoms with Crippen molar-refractivity contribution in [3.8, 4) is 0 Å². The third kappa shape index (κ3) is 185. The number of esters is 1. The van der Waals surface area contributed by atoms with Gasteiger partial charge in [0.1, 0.15) is 18.6 Å². The minimum Gasteiger partial charge on any atom is -0.466 e. The summed E-state index contributed by atoms with van der Waals surface area (Å²) in [5, 5.41) is 13.4. The van der Waals surface area contributed by atoms with E-state index in [1.54, 1.807) is 48.2 Å². The lowest BCUT2D eigenvalue weighted by molar-refractivity contribution is -0.134. The average Bonchev–Trinajstić information content (AvgIpc) is 1.41. The number of H-pyrrole nitrogens is 3. The van der Waals surface area contributed by atoms with Crippen molar-refractivity contribution in [3.05, 3.63) is 236 Å². The van der Waals surface area contributed by atoms with Gasteiger partial charge in [-0.2, -0.15) is 26.3 Å². The summed E-state index contributed by atoms with van der Waals surface area (Å²) in [4.78, 5) is 48.4. The van der Waals surface area contributed by atoms with Crippen LogP contribution in [0.1, 0.15) is 284 Å². The normalized spacial score (nSPS) is 11.6. The highest BCUT2D eigenvalue weighted by Gasteiger charge is 2.04. The summed E-state index contributed by atoms with van der Waals surface area (Å²) < 4.78 is 85.2. The molecule has 7 aliphatic heterocycles. The van der Waals surface area contributed by atoms with Crippen LogP contribution in [0.15, 0.2) is 224 Å². The first-order chi connectivity index (χ1) is 52.5. The van der Waals surface area contributed by atoms with Gasteiger partial charge >= 0.3 is 26.7 Å². The molecular formula is C83H170N8O14S4. The fraction of sp³-hybridized carbons (Fsp3) is 0.530. The van der Waals surface area contributed by atoms with Crippen molar-refractivity contribution in [2.75, 3.05) is 19.8 Å². The van der Waals surface area contributed by atoms with Crippen LogP contribution < -0.4 is 26.2 Å². The Morgan fingerprint density at radius 2 is 0.917 bits per heavy atom. The molecule has 0 spiro atoms. The van der Waals surface area contributed by atoms with Crippen molar-refractivity contribution in [1.82, 2.24) is 35.2 Å². The lowest BCUT2D eigenvalue weighted by Crippen LogP contribution is -2.15. The number of nitrogens with one attached hydrogen (secondary N) is 5. The van der Waals surface area contributed by atoms with Crippen LogP contribution in [-0.4, -0.2) is 82.4 Å². The summed E-state index contributed by atoms with van der Waals surface area (Å²) in [6.07, 6.45) is 39.1. The van der Waals surface area contributed by atoms with Gasteiger partial charge < -0.3 is 33.7 Å². The second kappa shape index (κ2) is 174. The van der Waals surface area contributed by atoms with Crippen molar-refractivity contribution in [2.24, 2.45) is 4.40 Å². The van der Waals surface area contributed by atoms with Crippen molar-refractivity contribution in [3.63, 3.8) is 0 Å². The van der Waals surface area contributed by atoms with Gasteiger partial charge in [0.25, 0.3) is 25.6 Å². The van der Waals surface area contributed by atoms with Crippen LogP contribution in [0, 0.1) is 0 Å². The molecule has 0 saturated carbocycles. The topological polar surface area (TPSA) is 317 Å². The fourth-order valence-electron chi connectivity index (χ4n) is 3.32. The van der Waals surface area contributed by atoms with E-state index in [-0.39, 0.29) is 29.5 Å². The first-order valence-electron chi connectivity index (χ1n) is 38.7. The molecule has 22 nitrogen and oxygen atoms in total. The van der Waals surface area contributed by atoms with Gasteiger partial charge in [0, 0.05) is 66.6 Å². The molecule has 10 heterocycles. The van der Waals surface area contributed by atoms with Crippen molar-refractivity contribution in [2.45, 2.75) is 284 Å². The molecule has 0 atom stereocenters. The number of allylic oxidation sites excluding steroid dienone is 11. The SMILES string of the molecule is C.C1=CCOC1.C=C1C=CC=CN1.C=C1C=CC=CO1.CC.CC.CC.CC.CC.CC.CC.CC.CC.CC.CC.CC.CC.CC.CC.CC.CC.CC.CC.CC.O=C1C=CCO1.O=S1(=O)C=CC=CN1.O=S1(=O)C=CC=CO1.O=S1(=O)C=CC=N1.O=c1[nH]ccs1.O=c1cccn[nH]1.O=c1nccc[nH]1. The van der Waals surface area contributed by atoms with Gasteiger partial charge in [-0.25, -0.2) is 28.1 Å². The third-order valence-electron chi connectivity index (χ3n) is 6.11. The maximum absolute atomic E-state index is 10.4. The Labute approximate surface area is 677 Å². The number of ether oxygens (including phenoxy) is 3. The second-order valence-corrected chi connectivity index (χ2v) is 16.9. The maximum Gasteiger partial charge on any atom is 0.344 e. The van der Waals surface area contributed by atoms with E-state index in [1.165, 1.54) is 78.8 Å². The predicted octanol–water partition coefficient (Wildman–Crippen LogP) is 24.8. The summed E-state index contributed by atoms with van der Waals surface area (Å²) in [5.41, 5.74) is 0.479. The number of cyclic esters (lactones) is 1. The van der Waals surface area contributed by atoms with E-state index in [0.717, 1.165) is 41.4 Å². The minimum absolute atomic E-state index is 0. The fourth-order valence-corrected chi connectivity index (χ4v) is 5.50. The van der Waals surface area contributed by atoms with Crippen LogP contribution in [0.25, 0.3) is 0 Å². The molecule has 5 N–H and O–H groups in total. The summed E-state index contributed by atoms with van der Waals surface area (Å²) >= 11 is 1.17. The van der Waals surface area contributed by atoms with E-state index < -0.39 is 30.2 Å².